The Kier molecular flexibility index (Phi) is 1.68. The summed E-state index contributed by atoms with van der Waals surface area (Å²) < 4.78 is 0. The fourth-order valence-corrected chi connectivity index (χ4v) is 4.93. The Bertz CT molecular complexity index is 385. The van der Waals surface area contributed by atoms with Crippen molar-refractivity contribution >= 4 is 22.6 Å². The molecule has 3 aliphatic rings. The maximum atomic E-state index is 5.78. The number of fused-ring (bicyclic) bond motifs is 5. The van der Waals surface area contributed by atoms with E-state index in [1.807, 2.05) is 0 Å². The number of nitrogens with two attached hydrogens (primary N) is 1. The van der Waals surface area contributed by atoms with Gasteiger partial charge >= 0.3 is 0 Å². The van der Waals surface area contributed by atoms with Crippen LogP contribution in [0.2, 0.25) is 0 Å². The lowest BCUT2D eigenvalue weighted by molar-refractivity contribution is 0.157. The standard InChI is InChI=1S/C11H17N3S/c1-10(2)6-4-5-11(10,3)8-7(6)13-14-9(12)15-8/h6,8H,4-5H2,1-3H3,(H2,12,14)/t6-,8+,11-/m1/s1. The lowest BCUT2D eigenvalue weighted by Crippen LogP contribution is -2.38. The van der Waals surface area contributed by atoms with E-state index >= 15 is 0 Å². The van der Waals surface area contributed by atoms with E-state index in [2.05, 4.69) is 31.0 Å². The first-order valence-corrected chi connectivity index (χ1v) is 6.42. The van der Waals surface area contributed by atoms with Crippen molar-refractivity contribution in [3.05, 3.63) is 0 Å². The Labute approximate surface area is 94.6 Å². The van der Waals surface area contributed by atoms with E-state index in [0.717, 1.165) is 0 Å². The monoisotopic (exact) mass is 223 g/mol. The molecule has 82 valence electrons. The molecule has 2 fully saturated rings. The van der Waals surface area contributed by atoms with Crippen LogP contribution in [0.1, 0.15) is 33.6 Å². The van der Waals surface area contributed by atoms with Gasteiger partial charge in [0.05, 0.1) is 11.0 Å². The van der Waals surface area contributed by atoms with Gasteiger partial charge in [-0.15, -0.1) is 5.10 Å². The summed E-state index contributed by atoms with van der Waals surface area (Å²) in [6, 6.07) is 0. The second-order valence-electron chi connectivity index (χ2n) is 5.69. The summed E-state index contributed by atoms with van der Waals surface area (Å²) in [4.78, 5) is 0. The zero-order chi connectivity index (χ0) is 10.8. The molecule has 15 heavy (non-hydrogen) atoms. The Morgan fingerprint density at radius 3 is 2.80 bits per heavy atom. The third-order valence-electron chi connectivity index (χ3n) is 5.00. The highest BCUT2D eigenvalue weighted by molar-refractivity contribution is 8.15. The van der Waals surface area contributed by atoms with Gasteiger partial charge in [-0.1, -0.05) is 32.5 Å². The minimum absolute atomic E-state index is 0.349. The van der Waals surface area contributed by atoms with E-state index in [1.54, 1.807) is 11.8 Å². The molecule has 0 aromatic rings. The van der Waals surface area contributed by atoms with Crippen molar-refractivity contribution in [1.82, 2.24) is 0 Å². The van der Waals surface area contributed by atoms with Crippen molar-refractivity contribution in [2.45, 2.75) is 38.9 Å². The average molecular weight is 223 g/mol. The van der Waals surface area contributed by atoms with Gasteiger partial charge in [0.25, 0.3) is 0 Å². The lowest BCUT2D eigenvalue weighted by atomic mass is 9.71. The van der Waals surface area contributed by atoms with Crippen molar-refractivity contribution in [3.8, 4) is 0 Å². The fraction of sp³-hybridized carbons (Fsp3) is 0.818. The minimum atomic E-state index is 0.349. The van der Waals surface area contributed by atoms with Crippen molar-refractivity contribution in [2.75, 3.05) is 0 Å². The molecule has 1 aliphatic heterocycles. The third-order valence-corrected chi connectivity index (χ3v) is 6.32. The lowest BCUT2D eigenvalue weighted by Gasteiger charge is -2.38. The average Bonchev–Trinajstić information content (AvgIpc) is 2.48. The molecule has 0 unspecified atom stereocenters. The van der Waals surface area contributed by atoms with Gasteiger partial charge in [0.1, 0.15) is 0 Å². The Hall–Kier alpha value is -0.510. The van der Waals surface area contributed by atoms with E-state index in [9.17, 15) is 0 Å². The van der Waals surface area contributed by atoms with E-state index in [4.69, 9.17) is 5.73 Å². The Morgan fingerprint density at radius 1 is 1.33 bits per heavy atom. The molecule has 0 saturated heterocycles. The van der Waals surface area contributed by atoms with Crippen molar-refractivity contribution < 1.29 is 0 Å². The normalized spacial score (nSPS) is 46.1. The van der Waals surface area contributed by atoms with Gasteiger partial charge in [-0.3, -0.25) is 0 Å². The van der Waals surface area contributed by atoms with Crippen LogP contribution in [0.5, 0.6) is 0 Å². The molecule has 0 amide bonds. The molecular weight excluding hydrogens is 206 g/mol. The topological polar surface area (TPSA) is 50.7 Å². The van der Waals surface area contributed by atoms with Crippen LogP contribution < -0.4 is 5.73 Å². The molecule has 0 spiro atoms. The highest BCUT2D eigenvalue weighted by Gasteiger charge is 2.65. The largest absolute Gasteiger partial charge is 0.377 e. The molecule has 0 radical (unpaired) electrons. The number of amidine groups is 1. The van der Waals surface area contributed by atoms with E-state index in [1.165, 1.54) is 18.6 Å². The van der Waals surface area contributed by atoms with E-state index < -0.39 is 0 Å². The summed E-state index contributed by atoms with van der Waals surface area (Å²) in [6.07, 6.45) is 2.57. The first-order valence-electron chi connectivity index (χ1n) is 5.54. The minimum Gasteiger partial charge on any atom is -0.377 e. The molecule has 2 saturated carbocycles. The Morgan fingerprint density at radius 2 is 2.07 bits per heavy atom. The summed E-state index contributed by atoms with van der Waals surface area (Å²) in [7, 11) is 0. The van der Waals surface area contributed by atoms with Crippen LogP contribution in [-0.4, -0.2) is 16.1 Å². The van der Waals surface area contributed by atoms with Gasteiger partial charge in [0, 0.05) is 5.92 Å². The van der Waals surface area contributed by atoms with Crippen LogP contribution >= 0.6 is 11.8 Å². The molecule has 2 bridgehead atoms. The summed E-state index contributed by atoms with van der Waals surface area (Å²) >= 11 is 1.72. The van der Waals surface area contributed by atoms with Gasteiger partial charge < -0.3 is 5.73 Å². The number of thioether (sulfide) groups is 1. The van der Waals surface area contributed by atoms with E-state index in [-0.39, 0.29) is 0 Å². The van der Waals surface area contributed by atoms with Gasteiger partial charge in [-0.25, -0.2) is 0 Å². The van der Waals surface area contributed by atoms with Crippen molar-refractivity contribution in [1.29, 1.82) is 0 Å². The SMILES string of the molecule is CC1(C)[C@@H]2CC[C@]1(C)[C@H]1SC(N)=NN=C21. The summed E-state index contributed by atoms with van der Waals surface area (Å²) in [5, 5.41) is 9.50. The van der Waals surface area contributed by atoms with Gasteiger partial charge in [0.15, 0.2) is 5.17 Å². The van der Waals surface area contributed by atoms with Crippen molar-refractivity contribution in [3.63, 3.8) is 0 Å². The van der Waals surface area contributed by atoms with Crippen LogP contribution in [0, 0.1) is 16.7 Å². The number of hydrogen-bond acceptors (Lipinski definition) is 4. The predicted octanol–water partition coefficient (Wildman–Crippen LogP) is 2.23. The van der Waals surface area contributed by atoms with Crippen LogP contribution in [0.4, 0.5) is 0 Å². The number of hydrogen-bond donors (Lipinski definition) is 1. The summed E-state index contributed by atoms with van der Waals surface area (Å²) in [5.74, 6) is 0.622. The molecule has 2 aliphatic carbocycles. The maximum Gasteiger partial charge on any atom is 0.181 e. The summed E-state index contributed by atoms with van der Waals surface area (Å²) in [6.45, 7) is 7.15. The Balaban J connectivity index is 2.12. The van der Waals surface area contributed by atoms with Gasteiger partial charge in [0.2, 0.25) is 0 Å². The first kappa shape index (κ1) is 9.70. The van der Waals surface area contributed by atoms with E-state index in [0.29, 0.717) is 27.2 Å². The zero-order valence-electron chi connectivity index (χ0n) is 9.45. The second-order valence-corrected chi connectivity index (χ2v) is 6.82. The van der Waals surface area contributed by atoms with Crippen molar-refractivity contribution in [2.24, 2.45) is 32.7 Å². The van der Waals surface area contributed by atoms with Gasteiger partial charge in [-0.05, 0) is 23.7 Å². The molecule has 2 N–H and O–H groups in total. The molecular formula is C11H17N3S. The molecule has 3 nitrogen and oxygen atoms in total. The molecule has 0 aromatic heterocycles. The highest BCUT2D eigenvalue weighted by atomic mass is 32.2. The smallest absolute Gasteiger partial charge is 0.181 e. The molecule has 3 atom stereocenters. The fourth-order valence-electron chi connectivity index (χ4n) is 3.58. The maximum absolute atomic E-state index is 5.78. The molecule has 4 heteroatoms. The highest BCUT2D eigenvalue weighted by Crippen LogP contribution is 2.67. The molecule has 1 heterocycles. The molecule has 3 rings (SSSR count). The van der Waals surface area contributed by atoms with Crippen LogP contribution in [0.25, 0.3) is 0 Å². The molecule has 0 aromatic carbocycles. The summed E-state index contributed by atoms with van der Waals surface area (Å²) in [5.41, 5.74) is 7.77. The van der Waals surface area contributed by atoms with Crippen LogP contribution in [-0.2, 0) is 0 Å². The number of nitrogens with zero attached hydrogens (tertiary/aromatic N) is 2. The third kappa shape index (κ3) is 0.942. The van der Waals surface area contributed by atoms with Crippen LogP contribution in [0.15, 0.2) is 10.2 Å². The quantitative estimate of drug-likeness (QED) is 0.684. The van der Waals surface area contributed by atoms with Gasteiger partial charge in [-0.2, -0.15) is 5.10 Å². The first-order chi connectivity index (χ1) is 6.97. The van der Waals surface area contributed by atoms with Crippen LogP contribution in [0.3, 0.4) is 0 Å². The second kappa shape index (κ2) is 2.59. The predicted molar refractivity (Wildman–Crippen MR) is 65.0 cm³/mol. The zero-order valence-corrected chi connectivity index (χ0v) is 10.3. The number of rotatable bonds is 0.